The van der Waals surface area contributed by atoms with Gasteiger partial charge in [0.1, 0.15) is 17.2 Å². The van der Waals surface area contributed by atoms with E-state index in [1.165, 1.54) is 0 Å². The van der Waals surface area contributed by atoms with Gasteiger partial charge < -0.3 is 0 Å². The minimum absolute atomic E-state index is 0.0419. The molecule has 0 spiro atoms. The Balaban J connectivity index is 2.69. The first-order valence-electron chi connectivity index (χ1n) is 6.53. The summed E-state index contributed by atoms with van der Waals surface area (Å²) in [4.78, 5) is 12.0. The third-order valence-corrected chi connectivity index (χ3v) is 4.81. The molecular formula is C15H9ClF4N2O2S. The van der Waals surface area contributed by atoms with Gasteiger partial charge in [-0.3, -0.25) is 13.7 Å². The molecule has 25 heavy (non-hydrogen) atoms. The van der Waals surface area contributed by atoms with Crippen LogP contribution in [0.25, 0.3) is 11.3 Å². The van der Waals surface area contributed by atoms with Crippen molar-refractivity contribution in [3.8, 4) is 23.6 Å². The third-order valence-electron chi connectivity index (χ3n) is 3.13. The van der Waals surface area contributed by atoms with Crippen LogP contribution in [0, 0.1) is 18.2 Å². The van der Waals surface area contributed by atoms with Gasteiger partial charge in [-0.25, -0.2) is 4.39 Å². The summed E-state index contributed by atoms with van der Waals surface area (Å²) in [7, 11) is -0.800. The normalized spacial score (nSPS) is 12.7. The van der Waals surface area contributed by atoms with E-state index >= 15 is 0 Å². The minimum atomic E-state index is -4.79. The molecule has 1 atom stereocenters. The van der Waals surface area contributed by atoms with Crippen LogP contribution in [-0.2, 0) is 24.0 Å². The number of halogens is 5. The van der Waals surface area contributed by atoms with Crippen molar-refractivity contribution in [2.75, 3.05) is 5.75 Å². The number of rotatable bonds is 3. The Morgan fingerprint density at radius 2 is 2.00 bits per heavy atom. The van der Waals surface area contributed by atoms with E-state index in [1.54, 1.807) is 0 Å². The van der Waals surface area contributed by atoms with Gasteiger partial charge in [-0.2, -0.15) is 18.3 Å². The molecule has 0 bridgehead atoms. The SMILES string of the molecule is C#CCS(=O)c1cc(-c2nn(C)c(C(F)(F)F)cc2=O)c(F)cc1Cl. The van der Waals surface area contributed by atoms with Crippen LogP contribution >= 0.6 is 11.6 Å². The molecule has 1 aromatic carbocycles. The van der Waals surface area contributed by atoms with Crippen LogP contribution in [0.4, 0.5) is 17.6 Å². The smallest absolute Gasteiger partial charge is 0.287 e. The predicted molar refractivity (Wildman–Crippen MR) is 85.0 cm³/mol. The van der Waals surface area contributed by atoms with Crippen molar-refractivity contribution in [3.05, 3.63) is 45.0 Å². The molecule has 4 nitrogen and oxygen atoms in total. The number of benzene rings is 1. The first-order chi connectivity index (χ1) is 11.6. The van der Waals surface area contributed by atoms with E-state index < -0.39 is 45.2 Å². The standard InChI is InChI=1S/C15H9ClF4N2O2S/c1-3-4-25(24)12-5-8(10(17)6-9(12)16)14-11(23)7-13(15(18,19)20)22(2)21-14/h1,5-7H,4H2,2H3. The number of nitrogens with zero attached hydrogens (tertiary/aromatic N) is 2. The van der Waals surface area contributed by atoms with Gasteiger partial charge in [0.05, 0.1) is 26.5 Å². The minimum Gasteiger partial charge on any atom is -0.287 e. The number of alkyl halides is 3. The molecular weight excluding hydrogens is 384 g/mol. The Morgan fingerprint density at radius 3 is 2.56 bits per heavy atom. The molecule has 2 aromatic rings. The molecule has 2 rings (SSSR count). The molecule has 1 heterocycles. The van der Waals surface area contributed by atoms with Crippen LogP contribution in [0.2, 0.25) is 5.02 Å². The summed E-state index contributed by atoms with van der Waals surface area (Å²) in [5, 5.41) is 3.33. The summed E-state index contributed by atoms with van der Waals surface area (Å²) >= 11 is 5.82. The lowest BCUT2D eigenvalue weighted by Gasteiger charge is -2.13. The highest BCUT2D eigenvalue weighted by atomic mass is 35.5. The molecule has 0 fully saturated rings. The molecule has 1 aromatic heterocycles. The van der Waals surface area contributed by atoms with E-state index in [2.05, 4.69) is 11.0 Å². The molecule has 1 unspecified atom stereocenters. The number of hydrogen-bond acceptors (Lipinski definition) is 3. The summed E-state index contributed by atoms with van der Waals surface area (Å²) in [5.74, 6) is 0.957. The van der Waals surface area contributed by atoms with Gasteiger partial charge in [0.2, 0.25) is 5.43 Å². The van der Waals surface area contributed by atoms with Crippen molar-refractivity contribution in [1.29, 1.82) is 0 Å². The Morgan fingerprint density at radius 1 is 1.36 bits per heavy atom. The Hall–Kier alpha value is -2.18. The van der Waals surface area contributed by atoms with E-state index in [4.69, 9.17) is 18.0 Å². The second kappa shape index (κ2) is 6.98. The zero-order valence-electron chi connectivity index (χ0n) is 12.5. The molecule has 0 N–H and O–H groups in total. The van der Waals surface area contributed by atoms with Crippen LogP contribution in [0.5, 0.6) is 0 Å². The summed E-state index contributed by atoms with van der Waals surface area (Å²) < 4.78 is 65.0. The lowest BCUT2D eigenvalue weighted by Crippen LogP contribution is -2.23. The Labute approximate surface area is 146 Å². The van der Waals surface area contributed by atoms with Crippen molar-refractivity contribution in [3.63, 3.8) is 0 Å². The maximum absolute atomic E-state index is 14.2. The monoisotopic (exact) mass is 392 g/mol. The first-order valence-corrected chi connectivity index (χ1v) is 8.22. The van der Waals surface area contributed by atoms with E-state index in [1.807, 2.05) is 0 Å². The number of terminal acetylenes is 1. The highest BCUT2D eigenvalue weighted by Gasteiger charge is 2.34. The number of aryl methyl sites for hydroxylation is 1. The van der Waals surface area contributed by atoms with Gasteiger partial charge in [0, 0.05) is 18.7 Å². The molecule has 0 radical (unpaired) electrons. The second-order valence-corrected chi connectivity index (χ2v) is 6.65. The van der Waals surface area contributed by atoms with Crippen molar-refractivity contribution >= 4 is 22.4 Å². The zero-order chi connectivity index (χ0) is 18.9. The topological polar surface area (TPSA) is 52.0 Å². The number of hydrogen-bond donors (Lipinski definition) is 0. The molecule has 0 saturated heterocycles. The maximum atomic E-state index is 14.2. The van der Waals surface area contributed by atoms with E-state index in [9.17, 15) is 26.6 Å². The van der Waals surface area contributed by atoms with Gasteiger partial charge in [0.15, 0.2) is 0 Å². The van der Waals surface area contributed by atoms with Crippen LogP contribution in [0.1, 0.15) is 5.69 Å². The molecule has 0 aliphatic rings. The highest BCUT2D eigenvalue weighted by Crippen LogP contribution is 2.30. The van der Waals surface area contributed by atoms with Crippen LogP contribution in [-0.4, -0.2) is 19.7 Å². The van der Waals surface area contributed by atoms with Crippen molar-refractivity contribution in [2.24, 2.45) is 7.05 Å². The van der Waals surface area contributed by atoms with E-state index in [0.717, 1.165) is 19.2 Å². The number of aromatic nitrogens is 2. The lowest BCUT2D eigenvalue weighted by molar-refractivity contribution is -0.144. The fourth-order valence-corrected chi connectivity index (χ4v) is 3.27. The summed E-state index contributed by atoms with van der Waals surface area (Å²) in [6, 6.07) is 2.12. The van der Waals surface area contributed by atoms with Crippen molar-refractivity contribution < 1.29 is 21.8 Å². The third kappa shape index (κ3) is 3.91. The fourth-order valence-electron chi connectivity index (χ4n) is 2.03. The molecule has 0 saturated carbocycles. The zero-order valence-corrected chi connectivity index (χ0v) is 14.1. The van der Waals surface area contributed by atoms with Crippen LogP contribution < -0.4 is 5.43 Å². The molecule has 0 aliphatic carbocycles. The van der Waals surface area contributed by atoms with E-state index in [-0.39, 0.29) is 15.7 Å². The average molecular weight is 393 g/mol. The van der Waals surface area contributed by atoms with Crippen molar-refractivity contribution in [1.82, 2.24) is 9.78 Å². The summed E-state index contributed by atoms with van der Waals surface area (Å²) in [5.41, 5.74) is -3.41. The summed E-state index contributed by atoms with van der Waals surface area (Å²) in [6.45, 7) is 0. The summed E-state index contributed by atoms with van der Waals surface area (Å²) in [6.07, 6.45) is 0.271. The van der Waals surface area contributed by atoms with Gasteiger partial charge in [-0.05, 0) is 12.1 Å². The quantitative estimate of drug-likeness (QED) is 0.596. The molecule has 0 amide bonds. The maximum Gasteiger partial charge on any atom is 0.433 e. The largest absolute Gasteiger partial charge is 0.433 e. The molecule has 10 heteroatoms. The highest BCUT2D eigenvalue weighted by molar-refractivity contribution is 7.85. The second-order valence-electron chi connectivity index (χ2n) is 4.82. The Kier molecular flexibility index (Phi) is 5.34. The molecule has 0 aliphatic heterocycles. The first kappa shape index (κ1) is 19.1. The van der Waals surface area contributed by atoms with Crippen molar-refractivity contribution in [2.45, 2.75) is 11.1 Å². The Bertz CT molecular complexity index is 964. The van der Waals surface area contributed by atoms with Crippen LogP contribution in [0.3, 0.4) is 0 Å². The van der Waals surface area contributed by atoms with Gasteiger partial charge in [0.25, 0.3) is 0 Å². The predicted octanol–water partition coefficient (Wildman–Crippen LogP) is 3.00. The van der Waals surface area contributed by atoms with Gasteiger partial charge in [-0.1, -0.05) is 17.5 Å². The lowest BCUT2D eigenvalue weighted by atomic mass is 10.1. The van der Waals surface area contributed by atoms with E-state index in [0.29, 0.717) is 10.7 Å². The van der Waals surface area contributed by atoms with Crippen LogP contribution in [0.15, 0.2) is 27.9 Å². The average Bonchev–Trinajstić information content (AvgIpc) is 2.48. The van der Waals surface area contributed by atoms with Gasteiger partial charge in [-0.15, -0.1) is 6.42 Å². The van der Waals surface area contributed by atoms with Gasteiger partial charge >= 0.3 is 6.18 Å². The fraction of sp³-hybridized carbons (Fsp3) is 0.200. The molecule has 132 valence electrons.